The van der Waals surface area contributed by atoms with Crippen LogP contribution in [0.3, 0.4) is 0 Å². The first kappa shape index (κ1) is 17.4. The minimum atomic E-state index is -0.526. The lowest BCUT2D eigenvalue weighted by Crippen LogP contribution is -2.34. The number of hydroxylamine groups is 2. The Morgan fingerprint density at radius 1 is 1.16 bits per heavy atom. The van der Waals surface area contributed by atoms with Crippen molar-refractivity contribution in [1.82, 2.24) is 10.4 Å². The molecule has 1 heterocycles. The Morgan fingerprint density at radius 2 is 1.76 bits per heavy atom. The molecule has 134 valence electrons. The molecule has 1 aromatic carbocycles. The number of fused-ring (bicyclic) bond motifs is 1. The van der Waals surface area contributed by atoms with Crippen LogP contribution in [0.4, 0.5) is 4.79 Å². The van der Waals surface area contributed by atoms with Gasteiger partial charge in [-0.1, -0.05) is 12.1 Å². The molecule has 1 aromatic rings. The number of imide groups is 1. The van der Waals surface area contributed by atoms with E-state index in [1.807, 2.05) is 20.8 Å². The molecule has 7 nitrogen and oxygen atoms in total. The van der Waals surface area contributed by atoms with Gasteiger partial charge in [-0.2, -0.15) is 0 Å². The van der Waals surface area contributed by atoms with Gasteiger partial charge >= 0.3 is 6.09 Å². The normalized spacial score (nSPS) is 22.0. The minimum absolute atomic E-state index is 0.208. The highest BCUT2D eigenvalue weighted by molar-refractivity contribution is 6.20. The van der Waals surface area contributed by atoms with Crippen LogP contribution in [-0.4, -0.2) is 41.7 Å². The highest BCUT2D eigenvalue weighted by atomic mass is 16.7. The van der Waals surface area contributed by atoms with E-state index < -0.39 is 23.5 Å². The quantitative estimate of drug-likeness (QED) is 0.828. The van der Waals surface area contributed by atoms with E-state index in [1.165, 1.54) is 0 Å². The number of alkyl carbamates (subject to hydrolysis) is 1. The summed E-state index contributed by atoms with van der Waals surface area (Å²) < 4.78 is 5.18. The Hall–Kier alpha value is -2.41. The molecular formula is C18H22N2O5. The number of hydrogen-bond donors (Lipinski definition) is 1. The van der Waals surface area contributed by atoms with Gasteiger partial charge in [-0.05, 0) is 51.2 Å². The fraction of sp³-hybridized carbons (Fsp3) is 0.500. The van der Waals surface area contributed by atoms with Crippen molar-refractivity contribution in [3.63, 3.8) is 0 Å². The van der Waals surface area contributed by atoms with Crippen LogP contribution in [0.25, 0.3) is 0 Å². The number of rotatable bonds is 5. The van der Waals surface area contributed by atoms with Crippen LogP contribution in [0.1, 0.15) is 47.9 Å². The lowest BCUT2D eigenvalue weighted by molar-refractivity contribution is -0.0959. The SMILES string of the molecule is CC(C)(C)OC(=O)NC[C@@H]1C[C@H]1CON1C(=O)c2ccccc2C1=O. The van der Waals surface area contributed by atoms with Crippen molar-refractivity contribution in [3.8, 4) is 0 Å². The summed E-state index contributed by atoms with van der Waals surface area (Å²) in [6.07, 6.45) is 0.429. The first-order valence-electron chi connectivity index (χ1n) is 8.34. The van der Waals surface area contributed by atoms with Gasteiger partial charge < -0.3 is 10.1 Å². The van der Waals surface area contributed by atoms with E-state index in [2.05, 4.69) is 5.32 Å². The fourth-order valence-corrected chi connectivity index (χ4v) is 2.75. The number of carbonyl (C=O) groups excluding carboxylic acids is 3. The molecule has 0 spiro atoms. The van der Waals surface area contributed by atoms with Gasteiger partial charge in [-0.3, -0.25) is 14.4 Å². The predicted octanol–water partition coefficient (Wildman–Crippen LogP) is 2.38. The first-order chi connectivity index (χ1) is 11.8. The standard InChI is InChI=1S/C18H22N2O5/c1-18(2,3)25-17(23)19-9-11-8-12(11)10-24-20-15(21)13-6-4-5-7-14(13)16(20)22/h4-7,11-12H,8-10H2,1-3H3,(H,19,23)/t11-,12-/m0/s1. The summed E-state index contributed by atoms with van der Waals surface area (Å²) in [5.41, 5.74) is 0.208. The predicted molar refractivity (Wildman–Crippen MR) is 88.7 cm³/mol. The van der Waals surface area contributed by atoms with Crippen molar-refractivity contribution in [2.75, 3.05) is 13.2 Å². The third kappa shape index (κ3) is 3.99. The lowest BCUT2D eigenvalue weighted by atomic mass is 10.1. The molecule has 0 unspecified atom stereocenters. The van der Waals surface area contributed by atoms with E-state index in [9.17, 15) is 14.4 Å². The third-order valence-corrected chi connectivity index (χ3v) is 4.15. The molecular weight excluding hydrogens is 324 g/mol. The van der Waals surface area contributed by atoms with Crippen LogP contribution in [-0.2, 0) is 9.57 Å². The van der Waals surface area contributed by atoms with Crippen molar-refractivity contribution in [1.29, 1.82) is 0 Å². The van der Waals surface area contributed by atoms with Gasteiger partial charge in [0.05, 0.1) is 17.7 Å². The van der Waals surface area contributed by atoms with Gasteiger partial charge in [0.1, 0.15) is 5.60 Å². The van der Waals surface area contributed by atoms with Crippen LogP contribution in [0, 0.1) is 11.8 Å². The zero-order chi connectivity index (χ0) is 18.2. The maximum Gasteiger partial charge on any atom is 0.407 e. The number of ether oxygens (including phenoxy) is 1. The summed E-state index contributed by atoms with van der Waals surface area (Å²) in [6, 6.07) is 6.66. The highest BCUT2D eigenvalue weighted by Crippen LogP contribution is 2.38. The monoisotopic (exact) mass is 346 g/mol. The largest absolute Gasteiger partial charge is 0.444 e. The smallest absolute Gasteiger partial charge is 0.407 e. The molecule has 3 rings (SSSR count). The van der Waals surface area contributed by atoms with E-state index in [1.54, 1.807) is 24.3 Å². The Morgan fingerprint density at radius 3 is 2.32 bits per heavy atom. The average molecular weight is 346 g/mol. The summed E-state index contributed by atoms with van der Waals surface area (Å²) in [6.45, 7) is 6.19. The highest BCUT2D eigenvalue weighted by Gasteiger charge is 2.41. The lowest BCUT2D eigenvalue weighted by Gasteiger charge is -2.19. The number of amides is 3. The van der Waals surface area contributed by atoms with E-state index in [0.29, 0.717) is 17.7 Å². The molecule has 3 amide bonds. The van der Waals surface area contributed by atoms with Crippen molar-refractivity contribution >= 4 is 17.9 Å². The molecule has 0 bridgehead atoms. The molecule has 0 radical (unpaired) electrons. The number of hydrogen-bond acceptors (Lipinski definition) is 5. The summed E-state index contributed by atoms with van der Waals surface area (Å²) in [5.74, 6) is -0.378. The summed E-state index contributed by atoms with van der Waals surface area (Å²) in [4.78, 5) is 41.4. The topological polar surface area (TPSA) is 84.9 Å². The van der Waals surface area contributed by atoms with Crippen molar-refractivity contribution in [2.24, 2.45) is 11.8 Å². The van der Waals surface area contributed by atoms with Crippen molar-refractivity contribution in [3.05, 3.63) is 35.4 Å². The molecule has 1 fully saturated rings. The third-order valence-electron chi connectivity index (χ3n) is 4.15. The first-order valence-corrected chi connectivity index (χ1v) is 8.34. The molecule has 2 aliphatic rings. The molecule has 0 saturated heterocycles. The van der Waals surface area contributed by atoms with Gasteiger partial charge in [0.25, 0.3) is 11.8 Å². The maximum atomic E-state index is 12.2. The number of benzene rings is 1. The maximum absolute atomic E-state index is 12.2. The molecule has 0 aromatic heterocycles. The van der Waals surface area contributed by atoms with E-state index in [-0.39, 0.29) is 18.4 Å². The Bertz CT molecular complexity index is 675. The second-order valence-electron chi connectivity index (χ2n) is 7.38. The van der Waals surface area contributed by atoms with Crippen LogP contribution >= 0.6 is 0 Å². The number of carbonyl (C=O) groups is 3. The second-order valence-corrected chi connectivity index (χ2v) is 7.38. The Kier molecular flexibility index (Phi) is 4.51. The Labute approximate surface area is 146 Å². The summed E-state index contributed by atoms with van der Waals surface area (Å²) in [7, 11) is 0. The van der Waals surface area contributed by atoms with E-state index in [0.717, 1.165) is 11.5 Å². The molecule has 2 atom stereocenters. The van der Waals surface area contributed by atoms with Crippen molar-refractivity contribution in [2.45, 2.75) is 32.8 Å². The average Bonchev–Trinajstić information content (AvgIpc) is 3.24. The molecule has 1 aliphatic carbocycles. The summed E-state index contributed by atoms with van der Waals surface area (Å²) in [5, 5.41) is 3.56. The Balaban J connectivity index is 1.42. The molecule has 1 aliphatic heterocycles. The van der Waals surface area contributed by atoms with Gasteiger partial charge in [0.2, 0.25) is 0 Å². The fourth-order valence-electron chi connectivity index (χ4n) is 2.75. The molecule has 7 heteroatoms. The van der Waals surface area contributed by atoms with Gasteiger partial charge in [-0.15, -0.1) is 5.06 Å². The van der Waals surface area contributed by atoms with Crippen molar-refractivity contribution < 1.29 is 24.0 Å². The summed E-state index contributed by atoms with van der Waals surface area (Å²) >= 11 is 0. The molecule has 1 N–H and O–H groups in total. The van der Waals surface area contributed by atoms with E-state index in [4.69, 9.17) is 9.57 Å². The zero-order valence-electron chi connectivity index (χ0n) is 14.6. The van der Waals surface area contributed by atoms with Crippen LogP contribution in [0.2, 0.25) is 0 Å². The zero-order valence-corrected chi connectivity index (χ0v) is 14.6. The van der Waals surface area contributed by atoms with Crippen LogP contribution < -0.4 is 5.32 Å². The molecule has 25 heavy (non-hydrogen) atoms. The molecule has 1 saturated carbocycles. The number of nitrogens with zero attached hydrogens (tertiary/aromatic N) is 1. The van der Waals surface area contributed by atoms with Gasteiger partial charge in [0, 0.05) is 6.54 Å². The second kappa shape index (κ2) is 6.48. The van der Waals surface area contributed by atoms with Gasteiger partial charge in [-0.25, -0.2) is 4.79 Å². The van der Waals surface area contributed by atoms with Crippen LogP contribution in [0.15, 0.2) is 24.3 Å². The van der Waals surface area contributed by atoms with E-state index >= 15 is 0 Å². The van der Waals surface area contributed by atoms with Gasteiger partial charge in [0.15, 0.2) is 0 Å². The number of nitrogens with one attached hydrogen (secondary N) is 1. The minimum Gasteiger partial charge on any atom is -0.444 e. The van der Waals surface area contributed by atoms with Crippen LogP contribution in [0.5, 0.6) is 0 Å².